The van der Waals surface area contributed by atoms with E-state index in [2.05, 4.69) is 10.6 Å². The molecule has 5 nitrogen and oxygen atoms in total. The Balaban J connectivity index is 1.86. The highest BCUT2D eigenvalue weighted by molar-refractivity contribution is 5.94. The highest BCUT2D eigenvalue weighted by Crippen LogP contribution is 2.09. The van der Waals surface area contributed by atoms with Crippen LogP contribution in [-0.2, 0) is 22.7 Å². The van der Waals surface area contributed by atoms with Gasteiger partial charge >= 0.3 is 0 Å². The lowest BCUT2D eigenvalue weighted by Gasteiger charge is -2.09. The van der Waals surface area contributed by atoms with Gasteiger partial charge in [0, 0.05) is 25.2 Å². The topological polar surface area (TPSA) is 67.4 Å². The molecular formula is C22H26N2O3. The molecule has 0 radical (unpaired) electrons. The standard InChI is InChI=1S/C22H26N2O3/c1-16(2)27-15-19-6-4-5-18(13-19)14-24-21(25)12-9-17-7-10-20(11-8-17)22(26)23-3/h4-13,16H,14-15H2,1-3H3,(H,23,26)(H,24,25)/b12-9+. The maximum Gasteiger partial charge on any atom is 0.251 e. The Labute approximate surface area is 160 Å². The van der Waals surface area contributed by atoms with Crippen LogP contribution in [0.1, 0.15) is 40.9 Å². The molecule has 142 valence electrons. The van der Waals surface area contributed by atoms with Crippen molar-refractivity contribution in [1.29, 1.82) is 0 Å². The summed E-state index contributed by atoms with van der Waals surface area (Å²) in [7, 11) is 1.59. The smallest absolute Gasteiger partial charge is 0.251 e. The molecule has 2 N–H and O–H groups in total. The van der Waals surface area contributed by atoms with Gasteiger partial charge in [0.1, 0.15) is 0 Å². The summed E-state index contributed by atoms with van der Waals surface area (Å²) in [5.74, 6) is -0.307. The van der Waals surface area contributed by atoms with Crippen molar-refractivity contribution in [2.75, 3.05) is 7.05 Å². The lowest BCUT2D eigenvalue weighted by Crippen LogP contribution is -2.20. The molecule has 0 saturated carbocycles. The summed E-state index contributed by atoms with van der Waals surface area (Å²) in [6, 6.07) is 15.0. The third-order valence-electron chi connectivity index (χ3n) is 3.87. The molecule has 2 rings (SSSR count). The number of amides is 2. The zero-order valence-corrected chi connectivity index (χ0v) is 16.0. The van der Waals surface area contributed by atoms with E-state index in [4.69, 9.17) is 4.74 Å². The Morgan fingerprint density at radius 1 is 1.07 bits per heavy atom. The van der Waals surface area contributed by atoms with Crippen molar-refractivity contribution >= 4 is 17.9 Å². The third kappa shape index (κ3) is 7.07. The number of benzene rings is 2. The number of hydrogen-bond donors (Lipinski definition) is 2. The van der Waals surface area contributed by atoms with Crippen LogP contribution < -0.4 is 10.6 Å². The zero-order valence-electron chi connectivity index (χ0n) is 16.0. The van der Waals surface area contributed by atoms with Crippen molar-refractivity contribution < 1.29 is 14.3 Å². The molecule has 0 aliphatic heterocycles. The molecule has 0 bridgehead atoms. The minimum Gasteiger partial charge on any atom is -0.374 e. The third-order valence-corrected chi connectivity index (χ3v) is 3.87. The first-order valence-electron chi connectivity index (χ1n) is 8.95. The first-order valence-corrected chi connectivity index (χ1v) is 8.95. The van der Waals surface area contributed by atoms with Crippen LogP contribution in [0.5, 0.6) is 0 Å². The van der Waals surface area contributed by atoms with Gasteiger partial charge in [-0.1, -0.05) is 36.4 Å². The number of carbonyl (C=O) groups is 2. The van der Waals surface area contributed by atoms with Crippen LogP contribution in [0.15, 0.2) is 54.6 Å². The summed E-state index contributed by atoms with van der Waals surface area (Å²) >= 11 is 0. The molecule has 0 saturated heterocycles. The second-order valence-electron chi connectivity index (χ2n) is 6.43. The van der Waals surface area contributed by atoms with Crippen LogP contribution in [-0.4, -0.2) is 25.0 Å². The van der Waals surface area contributed by atoms with Crippen LogP contribution in [0.4, 0.5) is 0 Å². The second-order valence-corrected chi connectivity index (χ2v) is 6.43. The Hall–Kier alpha value is -2.92. The van der Waals surface area contributed by atoms with Crippen molar-refractivity contribution in [1.82, 2.24) is 10.6 Å². The van der Waals surface area contributed by atoms with E-state index in [0.717, 1.165) is 16.7 Å². The number of ether oxygens (including phenoxy) is 1. The van der Waals surface area contributed by atoms with Gasteiger partial charge in [0.25, 0.3) is 5.91 Å². The van der Waals surface area contributed by atoms with Crippen molar-refractivity contribution in [2.45, 2.75) is 33.1 Å². The molecule has 0 spiro atoms. The maximum absolute atomic E-state index is 12.0. The van der Waals surface area contributed by atoms with Crippen LogP contribution >= 0.6 is 0 Å². The van der Waals surface area contributed by atoms with Gasteiger partial charge in [-0.05, 0) is 48.7 Å². The lowest BCUT2D eigenvalue weighted by atomic mass is 10.1. The Morgan fingerprint density at radius 2 is 1.78 bits per heavy atom. The molecule has 27 heavy (non-hydrogen) atoms. The molecule has 2 aromatic rings. The van der Waals surface area contributed by atoms with Crippen molar-refractivity contribution in [3.63, 3.8) is 0 Å². The summed E-state index contributed by atoms with van der Waals surface area (Å²) in [6.45, 7) is 5.02. The van der Waals surface area contributed by atoms with E-state index < -0.39 is 0 Å². The lowest BCUT2D eigenvalue weighted by molar-refractivity contribution is -0.116. The van der Waals surface area contributed by atoms with Gasteiger partial charge in [0.05, 0.1) is 12.7 Å². The molecule has 2 amide bonds. The van der Waals surface area contributed by atoms with E-state index in [-0.39, 0.29) is 17.9 Å². The molecule has 0 unspecified atom stereocenters. The fourth-order valence-corrected chi connectivity index (χ4v) is 2.40. The van der Waals surface area contributed by atoms with Gasteiger partial charge in [-0.3, -0.25) is 9.59 Å². The first kappa shape index (κ1) is 20.4. The second kappa shape index (κ2) is 10.3. The van der Waals surface area contributed by atoms with E-state index >= 15 is 0 Å². The Morgan fingerprint density at radius 3 is 2.44 bits per heavy atom. The van der Waals surface area contributed by atoms with Gasteiger partial charge in [-0.2, -0.15) is 0 Å². The first-order chi connectivity index (χ1) is 13.0. The zero-order chi connectivity index (χ0) is 19.6. The average Bonchev–Trinajstić information content (AvgIpc) is 2.69. The molecule has 2 aromatic carbocycles. The summed E-state index contributed by atoms with van der Waals surface area (Å²) < 4.78 is 5.60. The summed E-state index contributed by atoms with van der Waals surface area (Å²) in [5.41, 5.74) is 3.55. The molecule has 0 atom stereocenters. The van der Waals surface area contributed by atoms with Crippen LogP contribution in [0.25, 0.3) is 6.08 Å². The molecule has 5 heteroatoms. The van der Waals surface area contributed by atoms with Crippen LogP contribution in [0, 0.1) is 0 Å². The Bertz CT molecular complexity index is 795. The molecule has 0 aromatic heterocycles. The van der Waals surface area contributed by atoms with E-state index in [9.17, 15) is 9.59 Å². The summed E-state index contributed by atoms with van der Waals surface area (Å²) in [4.78, 5) is 23.5. The molecular weight excluding hydrogens is 340 g/mol. The van der Waals surface area contributed by atoms with Gasteiger partial charge in [-0.25, -0.2) is 0 Å². The number of hydrogen-bond acceptors (Lipinski definition) is 3. The minimum atomic E-state index is -0.172. The number of carbonyl (C=O) groups excluding carboxylic acids is 2. The summed E-state index contributed by atoms with van der Waals surface area (Å²) in [6.07, 6.45) is 3.39. The van der Waals surface area contributed by atoms with E-state index in [0.29, 0.717) is 18.7 Å². The quantitative estimate of drug-likeness (QED) is 0.705. The monoisotopic (exact) mass is 366 g/mol. The Kier molecular flexibility index (Phi) is 7.77. The van der Waals surface area contributed by atoms with Gasteiger partial charge in [0.15, 0.2) is 0 Å². The van der Waals surface area contributed by atoms with Crippen molar-refractivity contribution in [2.24, 2.45) is 0 Å². The average molecular weight is 366 g/mol. The van der Waals surface area contributed by atoms with E-state index in [1.54, 1.807) is 37.4 Å². The van der Waals surface area contributed by atoms with Gasteiger partial charge < -0.3 is 15.4 Å². The highest BCUT2D eigenvalue weighted by atomic mass is 16.5. The summed E-state index contributed by atoms with van der Waals surface area (Å²) in [5, 5.41) is 5.44. The molecule has 0 aliphatic carbocycles. The van der Waals surface area contributed by atoms with Gasteiger partial charge in [0.2, 0.25) is 5.91 Å². The SMILES string of the molecule is CNC(=O)c1ccc(/C=C/C(=O)NCc2cccc(COC(C)C)c2)cc1. The highest BCUT2D eigenvalue weighted by Gasteiger charge is 2.02. The predicted molar refractivity (Wildman–Crippen MR) is 107 cm³/mol. The van der Waals surface area contributed by atoms with Crippen LogP contribution in [0.2, 0.25) is 0 Å². The fraction of sp³-hybridized carbons (Fsp3) is 0.273. The maximum atomic E-state index is 12.0. The minimum absolute atomic E-state index is 0.135. The number of nitrogens with one attached hydrogen (secondary N) is 2. The van der Waals surface area contributed by atoms with Gasteiger partial charge in [-0.15, -0.1) is 0 Å². The molecule has 0 fully saturated rings. The van der Waals surface area contributed by atoms with Crippen molar-refractivity contribution in [3.05, 3.63) is 76.9 Å². The van der Waals surface area contributed by atoms with E-state index in [1.165, 1.54) is 6.08 Å². The molecule has 0 aliphatic rings. The molecule has 0 heterocycles. The van der Waals surface area contributed by atoms with E-state index in [1.807, 2.05) is 38.1 Å². The largest absolute Gasteiger partial charge is 0.374 e. The predicted octanol–water partition coefficient (Wildman–Crippen LogP) is 3.30. The fourth-order valence-electron chi connectivity index (χ4n) is 2.40. The normalized spacial score (nSPS) is 11.0. The van der Waals surface area contributed by atoms with Crippen LogP contribution in [0.3, 0.4) is 0 Å². The number of rotatable bonds is 8. The van der Waals surface area contributed by atoms with Crippen molar-refractivity contribution in [3.8, 4) is 0 Å².